The Bertz CT molecular complexity index is 284. The molecule has 0 bridgehead atoms. The fraction of sp³-hybridized carbons (Fsp3) is 0. The quantitative estimate of drug-likeness (QED) is 0.611. The predicted molar refractivity (Wildman–Crippen MR) is 46.2 cm³/mol. The number of rotatable bonds is 0. The molecule has 1 heteroatoms. The van der Waals surface area contributed by atoms with E-state index in [1.807, 2.05) is 0 Å². The molecule has 0 aliphatic carbocycles. The fourth-order valence-electron chi connectivity index (χ4n) is 1.13. The van der Waals surface area contributed by atoms with Gasteiger partial charge in [0.2, 0.25) is 0 Å². The van der Waals surface area contributed by atoms with Crippen LogP contribution in [0.2, 0.25) is 0 Å². The van der Waals surface area contributed by atoms with Crippen molar-refractivity contribution in [2.45, 2.75) is 0 Å². The van der Waals surface area contributed by atoms with Crippen molar-refractivity contribution in [3.63, 3.8) is 0 Å². The van der Waals surface area contributed by atoms with Crippen molar-refractivity contribution < 1.29 is 22.3 Å². The molecule has 2 rings (SSSR count). The van der Waals surface area contributed by atoms with E-state index < -0.39 is 0 Å². The van der Waals surface area contributed by atoms with Crippen LogP contribution in [0, 0.1) is 0 Å². The molecule has 0 aliphatic heterocycles. The fourth-order valence-corrected chi connectivity index (χ4v) is 1.13. The Balaban J connectivity index is 0. The summed E-state index contributed by atoms with van der Waals surface area (Å²) in [6.07, 6.45) is 0. The van der Waals surface area contributed by atoms with Gasteiger partial charge in [0.1, 0.15) is 0 Å². The molecule has 0 saturated carbocycles. The van der Waals surface area contributed by atoms with E-state index >= 15 is 0 Å². The number of fused-ring (bicyclic) bond motifs is 1. The van der Waals surface area contributed by atoms with Gasteiger partial charge >= 0.3 is 19.5 Å². The van der Waals surface area contributed by atoms with Crippen LogP contribution in [0.1, 0.15) is 2.85 Å². The summed E-state index contributed by atoms with van der Waals surface area (Å²) in [6, 6.07) is 16.7. The van der Waals surface area contributed by atoms with E-state index in [-0.39, 0.29) is 22.3 Å². The first-order chi connectivity index (χ1) is 4.97. The normalized spacial score (nSPS) is 9.09. The molecule has 0 fully saturated rings. The van der Waals surface area contributed by atoms with E-state index in [9.17, 15) is 0 Å². The second-order valence-corrected chi connectivity index (χ2v) is 2.35. The Hall–Kier alpha value is -0.677. The summed E-state index contributed by atoms with van der Waals surface area (Å²) in [5.41, 5.74) is 0. The molecule has 11 heavy (non-hydrogen) atoms. The molecule has 0 nitrogen and oxygen atoms in total. The molecule has 2 aromatic carbocycles. The van der Waals surface area contributed by atoms with Crippen LogP contribution in [-0.4, -0.2) is 0 Å². The predicted octanol–water partition coefficient (Wildman–Crippen LogP) is 3.06. The molecule has 0 N–H and O–H groups in total. The molecular formula is C10H10Ru. The van der Waals surface area contributed by atoms with Crippen molar-refractivity contribution in [1.29, 1.82) is 0 Å². The third kappa shape index (κ3) is 1.67. The van der Waals surface area contributed by atoms with Crippen molar-refractivity contribution >= 4 is 10.8 Å². The molecule has 0 heterocycles. The minimum atomic E-state index is 0. The van der Waals surface area contributed by atoms with Gasteiger partial charge in [-0.05, 0) is 10.8 Å². The Morgan fingerprint density at radius 1 is 0.636 bits per heavy atom. The second-order valence-electron chi connectivity index (χ2n) is 2.35. The first kappa shape index (κ1) is 8.42. The summed E-state index contributed by atoms with van der Waals surface area (Å²) >= 11 is 0. The second kappa shape index (κ2) is 3.64. The molecule has 0 aliphatic rings. The van der Waals surface area contributed by atoms with Gasteiger partial charge in [-0.25, -0.2) is 0 Å². The zero-order valence-electron chi connectivity index (χ0n) is 7.97. The minimum absolute atomic E-state index is 0. The van der Waals surface area contributed by atoms with Gasteiger partial charge < -0.3 is 2.85 Å². The first-order valence-corrected chi connectivity index (χ1v) is 3.40. The van der Waals surface area contributed by atoms with E-state index in [4.69, 9.17) is 0 Å². The first-order valence-electron chi connectivity index (χ1n) is 3.40. The molecule has 0 aromatic heterocycles. The van der Waals surface area contributed by atoms with E-state index in [1.165, 1.54) is 10.8 Å². The Morgan fingerprint density at radius 2 is 0.909 bits per heavy atom. The van der Waals surface area contributed by atoms with Crippen molar-refractivity contribution in [1.82, 2.24) is 0 Å². The molecule has 2 aromatic rings. The molecule has 58 valence electrons. The Kier molecular flexibility index (Phi) is 2.79. The van der Waals surface area contributed by atoms with Crippen molar-refractivity contribution in [3.05, 3.63) is 48.5 Å². The molecule has 0 saturated heterocycles. The van der Waals surface area contributed by atoms with Gasteiger partial charge in [-0.3, -0.25) is 0 Å². The third-order valence-corrected chi connectivity index (χ3v) is 1.66. The largest absolute Gasteiger partial charge is 2.00 e. The Morgan fingerprint density at radius 3 is 1.18 bits per heavy atom. The van der Waals surface area contributed by atoms with E-state index in [0.29, 0.717) is 0 Å². The van der Waals surface area contributed by atoms with Gasteiger partial charge in [0.25, 0.3) is 0 Å². The van der Waals surface area contributed by atoms with Gasteiger partial charge in [-0.15, -0.1) is 0 Å². The van der Waals surface area contributed by atoms with Crippen molar-refractivity contribution in [2.75, 3.05) is 0 Å². The van der Waals surface area contributed by atoms with Crippen LogP contribution >= 0.6 is 0 Å². The standard InChI is InChI=1S/C10H8.Ru.2H/c1-2-6-10-8-4-3-7-9(10)5-1;;;/h1-8H;;;/q;+2;2*-1. The van der Waals surface area contributed by atoms with Gasteiger partial charge in [0.05, 0.1) is 0 Å². The molecule has 0 radical (unpaired) electrons. The average molecular weight is 231 g/mol. The summed E-state index contributed by atoms with van der Waals surface area (Å²) in [5.74, 6) is 0. The van der Waals surface area contributed by atoms with Crippen LogP contribution in [0.15, 0.2) is 48.5 Å². The third-order valence-electron chi connectivity index (χ3n) is 1.66. The van der Waals surface area contributed by atoms with Gasteiger partial charge in [0.15, 0.2) is 0 Å². The van der Waals surface area contributed by atoms with Crippen LogP contribution in [0.3, 0.4) is 0 Å². The van der Waals surface area contributed by atoms with Crippen LogP contribution in [0.5, 0.6) is 0 Å². The summed E-state index contributed by atoms with van der Waals surface area (Å²) in [4.78, 5) is 0. The van der Waals surface area contributed by atoms with Gasteiger partial charge in [-0.1, -0.05) is 48.5 Å². The summed E-state index contributed by atoms with van der Waals surface area (Å²) < 4.78 is 0. The maximum atomic E-state index is 2.12. The van der Waals surface area contributed by atoms with Crippen molar-refractivity contribution in [2.24, 2.45) is 0 Å². The summed E-state index contributed by atoms with van der Waals surface area (Å²) in [7, 11) is 0. The van der Waals surface area contributed by atoms with Crippen LogP contribution in [-0.2, 0) is 19.5 Å². The Labute approximate surface area is 82.0 Å². The molecule has 0 spiro atoms. The molecule has 0 unspecified atom stereocenters. The number of hydrogen-bond donors (Lipinski definition) is 0. The zero-order valence-corrected chi connectivity index (χ0v) is 7.71. The maximum Gasteiger partial charge on any atom is 2.00 e. The number of hydrogen-bond acceptors (Lipinski definition) is 0. The van der Waals surface area contributed by atoms with Gasteiger partial charge in [-0.2, -0.15) is 0 Å². The SMILES string of the molecule is [H-].[H-].[Ru+2].c1ccc2ccccc2c1. The summed E-state index contributed by atoms with van der Waals surface area (Å²) in [6.45, 7) is 0. The minimum Gasteiger partial charge on any atom is -1.00 e. The summed E-state index contributed by atoms with van der Waals surface area (Å²) in [5, 5.41) is 2.62. The smallest absolute Gasteiger partial charge is 1.00 e. The molecular weight excluding hydrogens is 221 g/mol. The zero-order chi connectivity index (χ0) is 6.81. The number of benzene rings is 2. The average Bonchev–Trinajstić information content (AvgIpc) is 2.05. The van der Waals surface area contributed by atoms with Crippen molar-refractivity contribution in [3.8, 4) is 0 Å². The molecule has 0 atom stereocenters. The topological polar surface area (TPSA) is 0 Å². The van der Waals surface area contributed by atoms with Gasteiger partial charge in [0, 0.05) is 0 Å². The van der Waals surface area contributed by atoms with E-state index in [0.717, 1.165) is 0 Å². The van der Waals surface area contributed by atoms with Crippen LogP contribution in [0.25, 0.3) is 10.8 Å². The van der Waals surface area contributed by atoms with Crippen LogP contribution in [0.4, 0.5) is 0 Å². The molecule has 0 amide bonds. The van der Waals surface area contributed by atoms with E-state index in [1.54, 1.807) is 0 Å². The van der Waals surface area contributed by atoms with E-state index in [2.05, 4.69) is 48.5 Å². The maximum absolute atomic E-state index is 2.12. The monoisotopic (exact) mass is 232 g/mol. The van der Waals surface area contributed by atoms with Crippen LogP contribution < -0.4 is 0 Å².